The van der Waals surface area contributed by atoms with Crippen molar-refractivity contribution in [2.75, 3.05) is 31.2 Å². The van der Waals surface area contributed by atoms with Gasteiger partial charge in [0, 0.05) is 25.0 Å². The Hall–Kier alpha value is -1.71. The molecule has 88 valence electrons. The summed E-state index contributed by atoms with van der Waals surface area (Å²) in [7, 11) is 1.79. The van der Waals surface area contributed by atoms with Gasteiger partial charge in [-0.1, -0.05) is 0 Å². The Morgan fingerprint density at radius 2 is 2.19 bits per heavy atom. The Kier molecular flexibility index (Phi) is 4.17. The minimum atomic E-state index is 0.0822. The highest BCUT2D eigenvalue weighted by Gasteiger charge is 2.06. The molecule has 0 fully saturated rings. The largest absolute Gasteiger partial charge is 0.399 e. The van der Waals surface area contributed by atoms with Gasteiger partial charge in [-0.3, -0.25) is 4.79 Å². The molecule has 0 heterocycles. The summed E-state index contributed by atoms with van der Waals surface area (Å²) >= 11 is 0. The number of likely N-dealkylation sites (N-methyl/N-ethyl adjacent to an activating group) is 1. The first-order valence-corrected chi connectivity index (χ1v) is 5.38. The van der Waals surface area contributed by atoms with E-state index in [4.69, 9.17) is 5.73 Å². The van der Waals surface area contributed by atoms with Crippen molar-refractivity contribution >= 4 is 17.3 Å². The molecule has 0 saturated carbocycles. The molecule has 0 radical (unpaired) electrons. The molecule has 0 bridgehead atoms. The molecule has 1 amide bonds. The lowest BCUT2D eigenvalue weighted by atomic mass is 10.2. The van der Waals surface area contributed by atoms with Crippen LogP contribution in [0.25, 0.3) is 0 Å². The minimum absolute atomic E-state index is 0.0822. The molecular formula is C12H19N3O. The highest BCUT2D eigenvalue weighted by molar-refractivity contribution is 5.81. The van der Waals surface area contributed by atoms with Crippen LogP contribution >= 0.6 is 0 Å². The van der Waals surface area contributed by atoms with Gasteiger partial charge in [-0.25, -0.2) is 0 Å². The van der Waals surface area contributed by atoms with Gasteiger partial charge in [-0.05, 0) is 37.6 Å². The van der Waals surface area contributed by atoms with Crippen molar-refractivity contribution in [3.05, 3.63) is 23.8 Å². The zero-order valence-electron chi connectivity index (χ0n) is 10.1. The number of hydrogen-bond donors (Lipinski definition) is 2. The lowest BCUT2D eigenvalue weighted by Crippen LogP contribution is -2.31. The van der Waals surface area contributed by atoms with Gasteiger partial charge in [-0.2, -0.15) is 0 Å². The average molecular weight is 221 g/mol. The van der Waals surface area contributed by atoms with Crippen molar-refractivity contribution in [3.8, 4) is 0 Å². The smallest absolute Gasteiger partial charge is 0.241 e. The number of aryl methyl sites for hydroxylation is 1. The number of anilines is 2. The van der Waals surface area contributed by atoms with Crippen LogP contribution in [-0.4, -0.2) is 30.9 Å². The van der Waals surface area contributed by atoms with Crippen LogP contribution < -0.4 is 11.1 Å². The van der Waals surface area contributed by atoms with E-state index < -0.39 is 0 Å². The molecule has 0 unspecified atom stereocenters. The average Bonchev–Trinajstić information content (AvgIpc) is 2.26. The quantitative estimate of drug-likeness (QED) is 0.757. The monoisotopic (exact) mass is 221 g/mol. The van der Waals surface area contributed by atoms with Crippen LogP contribution in [0.15, 0.2) is 18.2 Å². The summed E-state index contributed by atoms with van der Waals surface area (Å²) in [6.07, 6.45) is 0. The molecule has 1 rings (SSSR count). The molecule has 0 aliphatic heterocycles. The molecule has 16 heavy (non-hydrogen) atoms. The first-order chi connectivity index (χ1) is 7.54. The molecular weight excluding hydrogens is 202 g/mol. The standard InChI is InChI=1S/C12H19N3O/c1-4-15(3)12(16)8-14-11-6-5-10(13)7-9(11)2/h5-7,14H,4,8,13H2,1-3H3. The molecule has 4 nitrogen and oxygen atoms in total. The van der Waals surface area contributed by atoms with E-state index in [2.05, 4.69) is 5.32 Å². The number of carbonyl (C=O) groups is 1. The second-order valence-electron chi connectivity index (χ2n) is 3.84. The second kappa shape index (κ2) is 5.39. The molecule has 1 aromatic rings. The Morgan fingerprint density at radius 1 is 1.50 bits per heavy atom. The van der Waals surface area contributed by atoms with E-state index in [0.29, 0.717) is 6.54 Å². The third kappa shape index (κ3) is 3.15. The number of amides is 1. The van der Waals surface area contributed by atoms with Crippen LogP contribution in [0.4, 0.5) is 11.4 Å². The first-order valence-electron chi connectivity index (χ1n) is 5.38. The van der Waals surface area contributed by atoms with Gasteiger partial charge in [0.1, 0.15) is 0 Å². The number of nitrogens with zero attached hydrogens (tertiary/aromatic N) is 1. The number of hydrogen-bond acceptors (Lipinski definition) is 3. The molecule has 0 atom stereocenters. The van der Waals surface area contributed by atoms with Crippen molar-refractivity contribution in [2.24, 2.45) is 0 Å². The molecule has 1 aromatic carbocycles. The number of rotatable bonds is 4. The van der Waals surface area contributed by atoms with E-state index in [0.717, 1.165) is 23.5 Å². The van der Waals surface area contributed by atoms with E-state index in [-0.39, 0.29) is 5.91 Å². The van der Waals surface area contributed by atoms with Crippen LogP contribution in [-0.2, 0) is 4.79 Å². The molecule has 0 saturated heterocycles. The van der Waals surface area contributed by atoms with E-state index in [1.54, 1.807) is 11.9 Å². The van der Waals surface area contributed by atoms with E-state index in [1.165, 1.54) is 0 Å². The molecule has 0 spiro atoms. The number of nitrogen functional groups attached to an aromatic ring is 1. The number of nitrogens with two attached hydrogens (primary N) is 1. The van der Waals surface area contributed by atoms with Crippen molar-refractivity contribution in [3.63, 3.8) is 0 Å². The van der Waals surface area contributed by atoms with Crippen LogP contribution in [0, 0.1) is 6.92 Å². The van der Waals surface area contributed by atoms with Crippen LogP contribution in [0.2, 0.25) is 0 Å². The van der Waals surface area contributed by atoms with Gasteiger partial charge < -0.3 is 16.0 Å². The summed E-state index contributed by atoms with van der Waals surface area (Å²) in [6, 6.07) is 5.60. The van der Waals surface area contributed by atoms with Gasteiger partial charge in [-0.15, -0.1) is 0 Å². The van der Waals surface area contributed by atoms with Crippen molar-refractivity contribution in [1.82, 2.24) is 4.90 Å². The fourth-order valence-electron chi connectivity index (χ4n) is 1.37. The van der Waals surface area contributed by atoms with Gasteiger partial charge in [0.25, 0.3) is 0 Å². The lowest BCUT2D eigenvalue weighted by molar-refractivity contribution is -0.127. The maximum atomic E-state index is 11.6. The fraction of sp³-hybridized carbons (Fsp3) is 0.417. The van der Waals surface area contributed by atoms with Gasteiger partial charge in [0.2, 0.25) is 5.91 Å². The first kappa shape index (κ1) is 12.4. The summed E-state index contributed by atoms with van der Waals surface area (Å²) in [5, 5.41) is 3.11. The van der Waals surface area contributed by atoms with Crippen molar-refractivity contribution < 1.29 is 4.79 Å². The maximum Gasteiger partial charge on any atom is 0.241 e. The SMILES string of the molecule is CCN(C)C(=O)CNc1ccc(N)cc1C. The maximum absolute atomic E-state index is 11.6. The summed E-state index contributed by atoms with van der Waals surface area (Å²) < 4.78 is 0. The van der Waals surface area contributed by atoms with Crippen molar-refractivity contribution in [1.29, 1.82) is 0 Å². The molecule has 3 N–H and O–H groups in total. The van der Waals surface area contributed by atoms with Gasteiger partial charge in [0.05, 0.1) is 6.54 Å². The third-order valence-electron chi connectivity index (χ3n) is 2.58. The highest BCUT2D eigenvalue weighted by atomic mass is 16.2. The minimum Gasteiger partial charge on any atom is -0.399 e. The Morgan fingerprint density at radius 3 is 2.75 bits per heavy atom. The molecule has 0 aromatic heterocycles. The zero-order valence-corrected chi connectivity index (χ0v) is 10.1. The zero-order chi connectivity index (χ0) is 12.1. The summed E-state index contributed by atoms with van der Waals surface area (Å²) in [5.74, 6) is 0.0822. The third-order valence-corrected chi connectivity index (χ3v) is 2.58. The molecule has 0 aliphatic rings. The van der Waals surface area contributed by atoms with Gasteiger partial charge >= 0.3 is 0 Å². The van der Waals surface area contributed by atoms with Gasteiger partial charge in [0.15, 0.2) is 0 Å². The molecule has 0 aliphatic carbocycles. The number of benzene rings is 1. The lowest BCUT2D eigenvalue weighted by Gasteiger charge is -2.16. The van der Waals surface area contributed by atoms with E-state index in [1.807, 2.05) is 32.0 Å². The van der Waals surface area contributed by atoms with Crippen molar-refractivity contribution in [2.45, 2.75) is 13.8 Å². The highest BCUT2D eigenvalue weighted by Crippen LogP contribution is 2.17. The second-order valence-corrected chi connectivity index (χ2v) is 3.84. The predicted molar refractivity (Wildman–Crippen MR) is 67.4 cm³/mol. The topological polar surface area (TPSA) is 58.4 Å². The Labute approximate surface area is 96.4 Å². The predicted octanol–water partition coefficient (Wildman–Crippen LogP) is 1.47. The summed E-state index contributed by atoms with van der Waals surface area (Å²) in [5.41, 5.74) is 8.39. The Bertz CT molecular complexity index is 377. The summed E-state index contributed by atoms with van der Waals surface area (Å²) in [6.45, 7) is 4.95. The number of nitrogens with one attached hydrogen (secondary N) is 1. The van der Waals surface area contributed by atoms with Crippen LogP contribution in [0.5, 0.6) is 0 Å². The Balaban J connectivity index is 2.58. The van der Waals surface area contributed by atoms with Crippen LogP contribution in [0.3, 0.4) is 0 Å². The van der Waals surface area contributed by atoms with E-state index >= 15 is 0 Å². The summed E-state index contributed by atoms with van der Waals surface area (Å²) in [4.78, 5) is 13.2. The normalized spacial score (nSPS) is 9.94. The molecule has 4 heteroatoms. The van der Waals surface area contributed by atoms with E-state index in [9.17, 15) is 4.79 Å². The number of carbonyl (C=O) groups excluding carboxylic acids is 1. The van der Waals surface area contributed by atoms with Crippen LogP contribution in [0.1, 0.15) is 12.5 Å². The fourth-order valence-corrected chi connectivity index (χ4v) is 1.37.